The lowest BCUT2D eigenvalue weighted by molar-refractivity contribution is -0.127. The number of nitrogens with one attached hydrogen (secondary N) is 2. The van der Waals surface area contributed by atoms with Crippen molar-refractivity contribution in [3.8, 4) is 5.75 Å². The molecular weight excluding hydrogens is 486 g/mol. The third kappa shape index (κ3) is 5.69. The van der Waals surface area contributed by atoms with Gasteiger partial charge in [0.15, 0.2) is 12.2 Å². The molecule has 12 heteroatoms. The second-order valence-electron chi connectivity index (χ2n) is 8.64. The van der Waals surface area contributed by atoms with Crippen molar-refractivity contribution in [2.45, 2.75) is 18.3 Å². The smallest absolute Gasteiger partial charge is 0.325 e. The second kappa shape index (κ2) is 10.8. The van der Waals surface area contributed by atoms with E-state index in [0.717, 1.165) is 11.3 Å². The Hall–Kier alpha value is -3.83. The zero-order chi connectivity index (χ0) is 25.8. The van der Waals surface area contributed by atoms with Gasteiger partial charge < -0.3 is 24.5 Å². The Morgan fingerprint density at radius 2 is 1.92 bits per heavy atom. The van der Waals surface area contributed by atoms with E-state index in [0.29, 0.717) is 10.8 Å². The van der Waals surface area contributed by atoms with Crippen LogP contribution in [0.4, 0.5) is 10.5 Å². The van der Waals surface area contributed by atoms with Gasteiger partial charge in [-0.15, -0.1) is 0 Å². The number of fused-ring (bicyclic) bond motifs is 1. The van der Waals surface area contributed by atoms with Gasteiger partial charge in [-0.1, -0.05) is 23.7 Å². The summed E-state index contributed by atoms with van der Waals surface area (Å²) in [6.45, 7) is -0.0101. The first kappa shape index (κ1) is 25.3. The third-order valence-electron chi connectivity index (χ3n) is 5.81. The zero-order valence-corrected chi connectivity index (χ0v) is 20.9. The summed E-state index contributed by atoms with van der Waals surface area (Å²) in [5.41, 5.74) is 4.78. The van der Waals surface area contributed by atoms with Crippen molar-refractivity contribution in [2.24, 2.45) is 10.1 Å². The normalized spacial score (nSPS) is 20.2. The zero-order valence-electron chi connectivity index (χ0n) is 20.1. The van der Waals surface area contributed by atoms with Gasteiger partial charge >= 0.3 is 6.03 Å². The van der Waals surface area contributed by atoms with Crippen LogP contribution in [0, 0.1) is 0 Å². The maximum absolute atomic E-state index is 12.7. The molecule has 2 aliphatic rings. The summed E-state index contributed by atoms with van der Waals surface area (Å²) in [4.78, 5) is 34.2. The molecule has 0 radical (unpaired) electrons. The molecule has 3 unspecified atom stereocenters. The number of nitrogens with zero attached hydrogens (tertiary/aromatic N) is 5. The van der Waals surface area contributed by atoms with E-state index in [9.17, 15) is 14.7 Å². The summed E-state index contributed by atoms with van der Waals surface area (Å²) in [5, 5.41) is 17.8. The van der Waals surface area contributed by atoms with Gasteiger partial charge in [0, 0.05) is 31.9 Å². The summed E-state index contributed by atoms with van der Waals surface area (Å²) in [5.74, 6) is 0.307. The van der Waals surface area contributed by atoms with Gasteiger partial charge in [0.25, 0.3) is 5.91 Å². The molecule has 0 aromatic heterocycles. The molecule has 3 atom stereocenters. The van der Waals surface area contributed by atoms with Crippen LogP contribution in [0.5, 0.6) is 5.75 Å². The minimum atomic E-state index is -0.968. The molecular formula is C24H28ClN7O4. The highest BCUT2D eigenvalue weighted by atomic mass is 35.5. The number of hydrogen-bond donors (Lipinski definition) is 3. The van der Waals surface area contributed by atoms with E-state index in [1.165, 1.54) is 4.90 Å². The summed E-state index contributed by atoms with van der Waals surface area (Å²) < 4.78 is 5.64. The van der Waals surface area contributed by atoms with Crippen molar-refractivity contribution in [1.29, 1.82) is 0 Å². The van der Waals surface area contributed by atoms with Gasteiger partial charge in [-0.25, -0.2) is 15.2 Å². The number of hydrogen-bond acceptors (Lipinski definition) is 9. The van der Waals surface area contributed by atoms with Crippen molar-refractivity contribution in [3.05, 3.63) is 59.1 Å². The number of likely N-dealkylation sites (N-methyl/N-ethyl adjacent to an activating group) is 1. The molecule has 2 aromatic rings. The SMILES string of the molecule is CN(C)c1ccc(/C=N\NC2=NC3C(C(=O)NC(=O)N3C)N2CC(O)COc2ccc(Cl)cc2)cc1. The number of benzene rings is 2. The second-order valence-corrected chi connectivity index (χ2v) is 9.08. The number of rotatable bonds is 8. The number of carbonyl (C=O) groups excluding carboxylic acids is 2. The Morgan fingerprint density at radius 3 is 2.58 bits per heavy atom. The number of anilines is 1. The van der Waals surface area contributed by atoms with Crippen LogP contribution in [-0.2, 0) is 4.79 Å². The number of guanidine groups is 1. The summed E-state index contributed by atoms with van der Waals surface area (Å²) in [6, 6.07) is 13.2. The van der Waals surface area contributed by atoms with Gasteiger partial charge in [-0.2, -0.15) is 5.10 Å². The van der Waals surface area contributed by atoms with Gasteiger partial charge in [0.2, 0.25) is 5.96 Å². The van der Waals surface area contributed by atoms with Crippen molar-refractivity contribution < 1.29 is 19.4 Å². The number of ether oxygens (including phenoxy) is 1. The standard InChI is InChI=1S/C24H28ClN7O4/c1-30(2)17-8-4-15(5-9-17)12-26-29-23-27-21-20(22(34)28-24(35)31(21)3)32(23)13-18(33)14-36-19-10-6-16(25)7-11-19/h4-12,18,20-21,33H,13-14H2,1-3H3,(H,27,29)(H,28,34,35)/b26-12-. The first-order valence-corrected chi connectivity index (χ1v) is 11.7. The summed E-state index contributed by atoms with van der Waals surface area (Å²) >= 11 is 5.89. The van der Waals surface area contributed by atoms with Gasteiger partial charge in [0.1, 0.15) is 18.5 Å². The lowest BCUT2D eigenvalue weighted by atomic mass is 10.1. The minimum absolute atomic E-state index is 0.0170. The monoisotopic (exact) mass is 513 g/mol. The van der Waals surface area contributed by atoms with Crippen molar-refractivity contribution in [3.63, 3.8) is 0 Å². The van der Waals surface area contributed by atoms with Crippen LogP contribution in [0.15, 0.2) is 58.6 Å². The fourth-order valence-electron chi connectivity index (χ4n) is 3.84. The highest BCUT2D eigenvalue weighted by molar-refractivity contribution is 6.30. The first-order chi connectivity index (χ1) is 17.2. The number of amides is 3. The molecule has 2 heterocycles. The number of aliphatic hydroxyl groups is 1. The van der Waals surface area contributed by atoms with Crippen LogP contribution in [-0.4, -0.2) is 91.6 Å². The van der Waals surface area contributed by atoms with Crippen molar-refractivity contribution >= 4 is 41.4 Å². The molecule has 2 aromatic carbocycles. The van der Waals surface area contributed by atoms with Crippen molar-refractivity contribution in [1.82, 2.24) is 20.5 Å². The van der Waals surface area contributed by atoms with E-state index < -0.39 is 30.2 Å². The maximum Gasteiger partial charge on any atom is 0.325 e. The maximum atomic E-state index is 12.7. The number of halogens is 1. The average molecular weight is 514 g/mol. The molecule has 4 rings (SSSR count). The van der Waals surface area contributed by atoms with Crippen LogP contribution >= 0.6 is 11.6 Å². The van der Waals surface area contributed by atoms with Crippen molar-refractivity contribution in [2.75, 3.05) is 39.2 Å². The molecule has 190 valence electrons. The summed E-state index contributed by atoms with van der Waals surface area (Å²) in [6.07, 6.45) is -0.102. The molecule has 36 heavy (non-hydrogen) atoms. The minimum Gasteiger partial charge on any atom is -0.491 e. The van der Waals surface area contributed by atoms with E-state index >= 15 is 0 Å². The predicted molar refractivity (Wildman–Crippen MR) is 137 cm³/mol. The first-order valence-electron chi connectivity index (χ1n) is 11.3. The number of carbonyl (C=O) groups is 2. The van der Waals surface area contributed by atoms with Gasteiger partial charge in [-0.05, 0) is 42.0 Å². The van der Waals surface area contributed by atoms with E-state index in [1.54, 1.807) is 42.4 Å². The van der Waals surface area contributed by atoms with E-state index in [-0.39, 0.29) is 19.1 Å². The average Bonchev–Trinajstić information content (AvgIpc) is 3.21. The molecule has 1 saturated heterocycles. The molecule has 1 fully saturated rings. The Balaban J connectivity index is 1.46. The molecule has 3 N–H and O–H groups in total. The Morgan fingerprint density at radius 1 is 1.22 bits per heavy atom. The van der Waals surface area contributed by atoms with Crippen LogP contribution in [0.1, 0.15) is 5.56 Å². The fraction of sp³-hybridized carbons (Fsp3) is 0.333. The molecule has 0 bridgehead atoms. The molecule has 0 saturated carbocycles. The van der Waals surface area contributed by atoms with Gasteiger partial charge in [-0.3, -0.25) is 10.1 Å². The molecule has 2 aliphatic heterocycles. The predicted octanol–water partition coefficient (Wildman–Crippen LogP) is 1.32. The number of aliphatic hydroxyl groups excluding tert-OH is 1. The Kier molecular flexibility index (Phi) is 7.61. The van der Waals surface area contributed by atoms with Crippen LogP contribution in [0.2, 0.25) is 5.02 Å². The molecule has 0 aliphatic carbocycles. The topological polar surface area (TPSA) is 122 Å². The van der Waals surface area contributed by atoms with Crippen LogP contribution in [0.3, 0.4) is 0 Å². The Bertz CT molecular complexity index is 1150. The van der Waals surface area contributed by atoms with Crippen LogP contribution in [0.25, 0.3) is 0 Å². The third-order valence-corrected chi connectivity index (χ3v) is 6.06. The molecule has 11 nitrogen and oxygen atoms in total. The number of urea groups is 1. The lowest BCUT2D eigenvalue weighted by Crippen LogP contribution is -2.64. The quantitative estimate of drug-likeness (QED) is 0.359. The number of β-amino-alcohol motifs (C(OH)–C–C–N with tert-alkyl or cyclic N) is 1. The molecule has 3 amide bonds. The summed E-state index contributed by atoms with van der Waals surface area (Å²) in [7, 11) is 5.48. The van der Waals surface area contributed by atoms with E-state index in [2.05, 4.69) is 20.8 Å². The largest absolute Gasteiger partial charge is 0.491 e. The lowest BCUT2D eigenvalue weighted by Gasteiger charge is -2.36. The van der Waals surface area contributed by atoms with Crippen LogP contribution < -0.4 is 20.4 Å². The number of imide groups is 1. The van der Waals surface area contributed by atoms with E-state index in [1.807, 2.05) is 43.3 Å². The highest BCUT2D eigenvalue weighted by Crippen LogP contribution is 2.24. The number of hydrazone groups is 1. The van der Waals surface area contributed by atoms with E-state index in [4.69, 9.17) is 16.3 Å². The number of aliphatic imine (C=N–C) groups is 1. The fourth-order valence-corrected chi connectivity index (χ4v) is 3.97. The Labute approximate surface area is 214 Å². The molecule has 0 spiro atoms. The van der Waals surface area contributed by atoms with Gasteiger partial charge in [0.05, 0.1) is 12.8 Å². The highest BCUT2D eigenvalue weighted by Gasteiger charge is 2.49.